The van der Waals surface area contributed by atoms with Crippen LogP contribution >= 0.6 is 11.3 Å². The highest BCUT2D eigenvalue weighted by Crippen LogP contribution is 2.24. The molecular formula is C21H25N3O6S2. The van der Waals surface area contributed by atoms with Gasteiger partial charge in [0.1, 0.15) is 4.90 Å². The van der Waals surface area contributed by atoms with Gasteiger partial charge in [0.25, 0.3) is 0 Å². The van der Waals surface area contributed by atoms with Gasteiger partial charge in [-0.1, -0.05) is 0 Å². The Morgan fingerprint density at radius 2 is 1.97 bits per heavy atom. The maximum Gasteiger partial charge on any atom is 0.309 e. The van der Waals surface area contributed by atoms with Crippen LogP contribution in [0.4, 0.5) is 0 Å². The monoisotopic (exact) mass is 479 g/mol. The van der Waals surface area contributed by atoms with Crippen molar-refractivity contribution >= 4 is 39.0 Å². The van der Waals surface area contributed by atoms with E-state index in [1.165, 1.54) is 41.0 Å². The molecule has 1 aliphatic heterocycles. The van der Waals surface area contributed by atoms with E-state index in [4.69, 9.17) is 4.74 Å². The molecule has 0 saturated carbocycles. The summed E-state index contributed by atoms with van der Waals surface area (Å²) in [5, 5.41) is 2.70. The van der Waals surface area contributed by atoms with Gasteiger partial charge in [-0.05, 0) is 43.5 Å². The molecule has 0 aliphatic carbocycles. The van der Waals surface area contributed by atoms with Crippen LogP contribution in [0.25, 0.3) is 0 Å². The van der Waals surface area contributed by atoms with Crippen LogP contribution in [0.2, 0.25) is 0 Å². The zero-order valence-electron chi connectivity index (χ0n) is 17.7. The first kappa shape index (κ1) is 24.0. The minimum absolute atomic E-state index is 0.106. The molecular weight excluding hydrogens is 454 g/mol. The quantitative estimate of drug-likeness (QED) is 0.428. The molecule has 1 N–H and O–H groups in total. The second-order valence-corrected chi connectivity index (χ2v) is 10.5. The van der Waals surface area contributed by atoms with Gasteiger partial charge in [0.15, 0.2) is 6.61 Å². The van der Waals surface area contributed by atoms with Crippen molar-refractivity contribution in [3.63, 3.8) is 0 Å². The molecule has 32 heavy (non-hydrogen) atoms. The van der Waals surface area contributed by atoms with Gasteiger partial charge in [-0.15, -0.1) is 11.3 Å². The molecule has 1 saturated heterocycles. The number of esters is 1. The van der Waals surface area contributed by atoms with E-state index in [0.29, 0.717) is 30.7 Å². The van der Waals surface area contributed by atoms with Gasteiger partial charge in [0.2, 0.25) is 21.7 Å². The topological polar surface area (TPSA) is 123 Å². The van der Waals surface area contributed by atoms with E-state index in [9.17, 15) is 22.8 Å². The molecule has 0 radical (unpaired) electrons. The lowest BCUT2D eigenvalue weighted by molar-refractivity contribution is -0.148. The number of ketones is 1. The molecule has 11 heteroatoms. The molecule has 0 bridgehead atoms. The number of rotatable bonds is 9. The number of hydrogen-bond acceptors (Lipinski definition) is 8. The van der Waals surface area contributed by atoms with Crippen LogP contribution in [-0.4, -0.2) is 61.6 Å². The predicted octanol–water partition coefficient (Wildman–Crippen LogP) is 1.65. The van der Waals surface area contributed by atoms with E-state index in [0.717, 1.165) is 4.88 Å². The third-order valence-corrected chi connectivity index (χ3v) is 8.16. The Hall–Kier alpha value is -2.63. The zero-order chi connectivity index (χ0) is 23.1. The van der Waals surface area contributed by atoms with Crippen molar-refractivity contribution < 1.29 is 27.5 Å². The number of carbonyl (C=O) groups excluding carboxylic acids is 3. The Morgan fingerprint density at radius 1 is 1.22 bits per heavy atom. The lowest BCUT2D eigenvalue weighted by Gasteiger charge is -2.29. The van der Waals surface area contributed by atoms with Gasteiger partial charge in [-0.25, -0.2) is 8.42 Å². The van der Waals surface area contributed by atoms with Gasteiger partial charge in [0, 0.05) is 43.8 Å². The van der Waals surface area contributed by atoms with E-state index in [2.05, 4.69) is 10.3 Å². The number of aromatic nitrogens is 1. The van der Waals surface area contributed by atoms with E-state index < -0.39 is 21.9 Å². The highest BCUT2D eigenvalue weighted by Gasteiger charge is 2.33. The molecule has 1 aliphatic rings. The van der Waals surface area contributed by atoms with Crippen molar-refractivity contribution in [3.05, 3.63) is 46.4 Å². The number of Topliss-reactive ketones (excluding diaryl/α,β-unsaturated/α-hetero) is 1. The Kier molecular flexibility index (Phi) is 8.10. The lowest BCUT2D eigenvalue weighted by atomic mass is 9.98. The van der Waals surface area contributed by atoms with Crippen molar-refractivity contribution in [2.45, 2.75) is 31.1 Å². The summed E-state index contributed by atoms with van der Waals surface area (Å²) >= 11 is 1.31. The molecule has 1 fully saturated rings. The fourth-order valence-electron chi connectivity index (χ4n) is 3.33. The van der Waals surface area contributed by atoms with E-state index in [1.807, 2.05) is 6.07 Å². The molecule has 2 aromatic rings. The van der Waals surface area contributed by atoms with Crippen LogP contribution in [0, 0.1) is 5.92 Å². The van der Waals surface area contributed by atoms with Gasteiger partial charge >= 0.3 is 5.97 Å². The molecule has 3 heterocycles. The second-order valence-electron chi connectivity index (χ2n) is 7.40. The van der Waals surface area contributed by atoms with Crippen LogP contribution in [0.1, 0.15) is 34.3 Å². The second kappa shape index (κ2) is 10.8. The number of hydrogen-bond donors (Lipinski definition) is 1. The standard InChI is InChI=1S/C21H25N3O6S2/c1-15(25)23-10-6-17-4-5-20(31-17)19(26)14-30-21(27)16-7-11-24(12-8-16)32(28,29)18-3-2-9-22-13-18/h2-5,9,13,16H,6-8,10-12,14H2,1H3,(H,23,25). The average molecular weight is 480 g/mol. The summed E-state index contributed by atoms with van der Waals surface area (Å²) in [7, 11) is -3.64. The summed E-state index contributed by atoms with van der Waals surface area (Å²) in [6.07, 6.45) is 4.10. The molecule has 0 atom stereocenters. The zero-order valence-corrected chi connectivity index (χ0v) is 19.3. The van der Waals surface area contributed by atoms with Gasteiger partial charge in [0.05, 0.1) is 10.8 Å². The maximum atomic E-state index is 12.6. The number of carbonyl (C=O) groups is 3. The first-order valence-corrected chi connectivity index (χ1v) is 12.5. The molecule has 1 amide bonds. The van der Waals surface area contributed by atoms with Crippen molar-refractivity contribution in [2.24, 2.45) is 5.92 Å². The molecule has 0 aromatic carbocycles. The van der Waals surface area contributed by atoms with Crippen LogP contribution in [0.15, 0.2) is 41.6 Å². The van der Waals surface area contributed by atoms with Gasteiger partial charge < -0.3 is 10.1 Å². The van der Waals surface area contributed by atoms with Crippen LogP contribution in [0.3, 0.4) is 0 Å². The normalized spacial score (nSPS) is 15.3. The molecule has 0 spiro atoms. The number of nitrogens with one attached hydrogen (secondary N) is 1. The van der Waals surface area contributed by atoms with E-state index >= 15 is 0 Å². The number of sulfonamides is 1. The van der Waals surface area contributed by atoms with Crippen LogP contribution in [-0.2, 0) is 30.8 Å². The molecule has 9 nitrogen and oxygen atoms in total. The average Bonchev–Trinajstić information content (AvgIpc) is 3.26. The van der Waals surface area contributed by atoms with Gasteiger partial charge in [-0.3, -0.25) is 19.4 Å². The number of ether oxygens (including phenoxy) is 1. The molecule has 172 valence electrons. The summed E-state index contributed by atoms with van der Waals surface area (Å²) in [6.45, 7) is 1.99. The highest BCUT2D eigenvalue weighted by molar-refractivity contribution is 7.89. The van der Waals surface area contributed by atoms with Crippen molar-refractivity contribution in [1.82, 2.24) is 14.6 Å². The van der Waals surface area contributed by atoms with Crippen molar-refractivity contribution in [2.75, 3.05) is 26.2 Å². The summed E-state index contributed by atoms with van der Waals surface area (Å²) in [6, 6.07) is 6.56. The Labute approximate surface area is 190 Å². The predicted molar refractivity (Wildman–Crippen MR) is 118 cm³/mol. The number of piperidine rings is 1. The molecule has 2 aromatic heterocycles. The number of pyridine rings is 1. The fraction of sp³-hybridized carbons (Fsp3) is 0.429. The fourth-order valence-corrected chi connectivity index (χ4v) is 5.70. The summed E-state index contributed by atoms with van der Waals surface area (Å²) in [5.41, 5.74) is 0. The highest BCUT2D eigenvalue weighted by atomic mass is 32.2. The minimum atomic E-state index is -3.64. The SMILES string of the molecule is CC(=O)NCCc1ccc(C(=O)COC(=O)C2CCN(S(=O)(=O)c3cccnc3)CC2)s1. The summed E-state index contributed by atoms with van der Waals surface area (Å²) in [5.74, 6) is -1.32. The van der Waals surface area contributed by atoms with Crippen molar-refractivity contribution in [1.29, 1.82) is 0 Å². The number of amides is 1. The van der Waals surface area contributed by atoms with E-state index in [-0.39, 0.29) is 36.3 Å². The van der Waals surface area contributed by atoms with Crippen LogP contribution < -0.4 is 5.32 Å². The Bertz CT molecular complexity index is 1060. The third-order valence-electron chi connectivity index (χ3n) is 5.09. The maximum absolute atomic E-state index is 12.6. The Balaban J connectivity index is 1.45. The summed E-state index contributed by atoms with van der Waals surface area (Å²) in [4.78, 5) is 41.1. The lowest BCUT2D eigenvalue weighted by Crippen LogP contribution is -2.40. The van der Waals surface area contributed by atoms with Crippen LogP contribution in [0.5, 0.6) is 0 Å². The largest absolute Gasteiger partial charge is 0.457 e. The third kappa shape index (κ3) is 6.21. The van der Waals surface area contributed by atoms with E-state index in [1.54, 1.807) is 12.1 Å². The number of nitrogens with zero attached hydrogens (tertiary/aromatic N) is 2. The molecule has 3 rings (SSSR count). The molecule has 0 unspecified atom stereocenters. The first-order valence-electron chi connectivity index (χ1n) is 10.2. The minimum Gasteiger partial charge on any atom is -0.457 e. The smallest absolute Gasteiger partial charge is 0.309 e. The van der Waals surface area contributed by atoms with Gasteiger partial charge in [-0.2, -0.15) is 4.31 Å². The van der Waals surface area contributed by atoms with Crippen molar-refractivity contribution in [3.8, 4) is 0 Å². The summed E-state index contributed by atoms with van der Waals surface area (Å²) < 4.78 is 31.8. The first-order chi connectivity index (χ1) is 15.3. The Morgan fingerprint density at radius 3 is 2.62 bits per heavy atom. The number of thiophene rings is 1.